The Kier molecular flexibility index (Phi) is 4.38. The van der Waals surface area contributed by atoms with Crippen LogP contribution in [0.25, 0.3) is 11.2 Å². The second-order valence-corrected chi connectivity index (χ2v) is 5.57. The minimum Gasteiger partial charge on any atom is -0.481 e. The minimum atomic E-state index is -0.941. The lowest BCUT2D eigenvalue weighted by Crippen LogP contribution is -2.29. The maximum Gasteiger partial charge on any atom is 0.329 e. The molecule has 0 saturated carbocycles. The van der Waals surface area contributed by atoms with Gasteiger partial charge in [0, 0.05) is 13.6 Å². The number of carboxylic acids is 1. The Labute approximate surface area is 141 Å². The average molecular weight is 343 g/mol. The van der Waals surface area contributed by atoms with E-state index in [-0.39, 0.29) is 24.1 Å². The lowest BCUT2D eigenvalue weighted by atomic mass is 10.2. The number of imidazole rings is 1. The third kappa shape index (κ3) is 3.30. The van der Waals surface area contributed by atoms with Crippen molar-refractivity contribution in [1.82, 2.24) is 19.1 Å². The molecule has 130 valence electrons. The molecule has 0 fully saturated rings. The number of nitrogens with one attached hydrogen (secondary N) is 2. The Morgan fingerprint density at radius 2 is 2.00 bits per heavy atom. The second-order valence-electron chi connectivity index (χ2n) is 5.57. The summed E-state index contributed by atoms with van der Waals surface area (Å²) in [5, 5.41) is 11.7. The molecule has 2 aromatic heterocycles. The molecular weight excluding hydrogens is 326 g/mol. The van der Waals surface area contributed by atoms with Gasteiger partial charge in [-0.1, -0.05) is 30.3 Å². The van der Waals surface area contributed by atoms with Gasteiger partial charge in [0.1, 0.15) is 0 Å². The molecule has 3 N–H and O–H groups in total. The summed E-state index contributed by atoms with van der Waals surface area (Å²) in [6, 6.07) is 9.46. The molecule has 9 heteroatoms. The number of aromatic nitrogens is 4. The van der Waals surface area contributed by atoms with E-state index in [1.165, 1.54) is 11.6 Å². The quantitative estimate of drug-likeness (QED) is 0.594. The van der Waals surface area contributed by atoms with Crippen molar-refractivity contribution < 1.29 is 9.90 Å². The lowest BCUT2D eigenvalue weighted by Gasteiger charge is -2.10. The standard InChI is InChI=1S/C16H17N5O4/c1-20-13-12(14(24)19-16(20)25)21(9-10-5-3-2-4-6-10)15(18-13)17-8-7-11(22)23/h2-6H,7-9H2,1H3,(H,17,18)(H,22,23)(H,19,24,25). The van der Waals surface area contributed by atoms with Gasteiger partial charge in [0.25, 0.3) is 5.56 Å². The van der Waals surface area contributed by atoms with Crippen LogP contribution < -0.4 is 16.6 Å². The highest BCUT2D eigenvalue weighted by molar-refractivity contribution is 5.74. The summed E-state index contributed by atoms with van der Waals surface area (Å²) >= 11 is 0. The SMILES string of the molecule is Cn1c(=O)[nH]c(=O)c2c1nc(NCCC(=O)O)n2Cc1ccccc1. The lowest BCUT2D eigenvalue weighted by molar-refractivity contribution is -0.136. The second kappa shape index (κ2) is 6.63. The fourth-order valence-corrected chi connectivity index (χ4v) is 2.57. The maximum absolute atomic E-state index is 12.3. The minimum absolute atomic E-state index is 0.0934. The Bertz CT molecular complexity index is 1030. The normalized spacial score (nSPS) is 10.9. The molecule has 0 saturated heterocycles. The molecule has 0 amide bonds. The first-order valence-electron chi connectivity index (χ1n) is 7.66. The number of aliphatic carboxylic acids is 1. The average Bonchev–Trinajstić information content (AvgIpc) is 2.92. The molecule has 0 atom stereocenters. The van der Waals surface area contributed by atoms with Crippen LogP contribution in [0.1, 0.15) is 12.0 Å². The van der Waals surface area contributed by atoms with Crippen LogP contribution in [-0.2, 0) is 18.4 Å². The maximum atomic E-state index is 12.3. The number of nitrogens with zero attached hydrogens (tertiary/aromatic N) is 3. The molecule has 0 spiro atoms. The molecule has 0 aliphatic rings. The number of benzene rings is 1. The van der Waals surface area contributed by atoms with Gasteiger partial charge in [-0.3, -0.25) is 23.7 Å². The van der Waals surface area contributed by atoms with Crippen molar-refractivity contribution in [3.8, 4) is 0 Å². The number of hydrogen-bond acceptors (Lipinski definition) is 5. The van der Waals surface area contributed by atoms with Crippen LogP contribution in [-0.4, -0.2) is 36.7 Å². The van der Waals surface area contributed by atoms with E-state index in [0.717, 1.165) is 5.56 Å². The third-order valence-corrected chi connectivity index (χ3v) is 3.81. The van der Waals surface area contributed by atoms with Gasteiger partial charge in [-0.15, -0.1) is 0 Å². The number of rotatable bonds is 6. The molecule has 0 aliphatic carbocycles. The third-order valence-electron chi connectivity index (χ3n) is 3.81. The number of H-pyrrole nitrogens is 1. The number of aryl methyl sites for hydroxylation is 1. The summed E-state index contributed by atoms with van der Waals surface area (Å²) < 4.78 is 2.89. The molecule has 0 bridgehead atoms. The number of carbonyl (C=O) groups is 1. The Hall–Kier alpha value is -3.36. The zero-order chi connectivity index (χ0) is 18.0. The molecule has 0 unspecified atom stereocenters. The molecule has 3 rings (SSSR count). The first kappa shape index (κ1) is 16.5. The van der Waals surface area contributed by atoms with E-state index >= 15 is 0 Å². The molecule has 9 nitrogen and oxygen atoms in total. The van der Waals surface area contributed by atoms with Crippen LogP contribution in [0.2, 0.25) is 0 Å². The molecule has 0 radical (unpaired) electrons. The van der Waals surface area contributed by atoms with Gasteiger partial charge >= 0.3 is 11.7 Å². The van der Waals surface area contributed by atoms with Crippen LogP contribution >= 0.6 is 0 Å². The number of aromatic amines is 1. The highest BCUT2D eigenvalue weighted by Gasteiger charge is 2.17. The van der Waals surface area contributed by atoms with Crippen molar-refractivity contribution in [2.45, 2.75) is 13.0 Å². The molecule has 3 aromatic rings. The van der Waals surface area contributed by atoms with Crippen LogP contribution in [0.5, 0.6) is 0 Å². The zero-order valence-corrected chi connectivity index (χ0v) is 13.5. The number of fused-ring (bicyclic) bond motifs is 1. The predicted molar refractivity (Wildman–Crippen MR) is 91.9 cm³/mol. The Balaban J connectivity index is 2.12. The van der Waals surface area contributed by atoms with Crippen LogP contribution in [0, 0.1) is 0 Å². The van der Waals surface area contributed by atoms with Crippen molar-refractivity contribution in [2.24, 2.45) is 7.05 Å². The topological polar surface area (TPSA) is 122 Å². The molecule has 1 aromatic carbocycles. The van der Waals surface area contributed by atoms with Gasteiger partial charge in [0.15, 0.2) is 11.2 Å². The number of hydrogen-bond donors (Lipinski definition) is 3. The summed E-state index contributed by atoms with van der Waals surface area (Å²) in [4.78, 5) is 41.4. The van der Waals surface area contributed by atoms with E-state index in [0.29, 0.717) is 12.5 Å². The highest BCUT2D eigenvalue weighted by atomic mass is 16.4. The van der Waals surface area contributed by atoms with Gasteiger partial charge in [-0.25, -0.2) is 4.79 Å². The fourth-order valence-electron chi connectivity index (χ4n) is 2.57. The van der Waals surface area contributed by atoms with Gasteiger partial charge in [-0.05, 0) is 5.56 Å². The smallest absolute Gasteiger partial charge is 0.329 e. The number of anilines is 1. The van der Waals surface area contributed by atoms with Gasteiger partial charge in [-0.2, -0.15) is 4.98 Å². The molecule has 2 heterocycles. The Morgan fingerprint density at radius 3 is 2.68 bits per heavy atom. The predicted octanol–water partition coefficient (Wildman–Crippen LogP) is 0.358. The monoisotopic (exact) mass is 343 g/mol. The summed E-state index contributed by atoms with van der Waals surface area (Å²) in [7, 11) is 1.52. The number of carboxylic acid groups (broad SMARTS) is 1. The van der Waals surface area contributed by atoms with Crippen molar-refractivity contribution in [3.05, 3.63) is 56.7 Å². The van der Waals surface area contributed by atoms with Gasteiger partial charge in [0.2, 0.25) is 5.95 Å². The van der Waals surface area contributed by atoms with Gasteiger partial charge in [0.05, 0.1) is 13.0 Å². The van der Waals surface area contributed by atoms with E-state index < -0.39 is 17.2 Å². The zero-order valence-electron chi connectivity index (χ0n) is 13.5. The van der Waals surface area contributed by atoms with E-state index in [9.17, 15) is 14.4 Å². The van der Waals surface area contributed by atoms with E-state index in [1.807, 2.05) is 30.3 Å². The van der Waals surface area contributed by atoms with Crippen molar-refractivity contribution in [3.63, 3.8) is 0 Å². The van der Waals surface area contributed by atoms with Crippen LogP contribution in [0.4, 0.5) is 5.95 Å². The van der Waals surface area contributed by atoms with Crippen molar-refractivity contribution >= 4 is 23.1 Å². The van der Waals surface area contributed by atoms with Gasteiger partial charge < -0.3 is 10.4 Å². The van der Waals surface area contributed by atoms with Crippen molar-refractivity contribution in [2.75, 3.05) is 11.9 Å². The summed E-state index contributed by atoms with van der Waals surface area (Å²) in [6.45, 7) is 0.507. The first-order chi connectivity index (χ1) is 12.0. The van der Waals surface area contributed by atoms with Crippen LogP contribution in [0.3, 0.4) is 0 Å². The van der Waals surface area contributed by atoms with E-state index in [4.69, 9.17) is 5.11 Å². The van der Waals surface area contributed by atoms with Crippen LogP contribution in [0.15, 0.2) is 39.9 Å². The van der Waals surface area contributed by atoms with E-state index in [2.05, 4.69) is 15.3 Å². The largest absolute Gasteiger partial charge is 0.481 e. The molecule has 25 heavy (non-hydrogen) atoms. The molecule has 0 aliphatic heterocycles. The first-order valence-corrected chi connectivity index (χ1v) is 7.66. The summed E-state index contributed by atoms with van der Waals surface area (Å²) in [5.74, 6) is -0.602. The Morgan fingerprint density at radius 1 is 1.28 bits per heavy atom. The summed E-state index contributed by atoms with van der Waals surface area (Å²) in [6.07, 6.45) is -0.0934. The van der Waals surface area contributed by atoms with E-state index in [1.54, 1.807) is 4.57 Å². The highest BCUT2D eigenvalue weighted by Crippen LogP contribution is 2.17. The molecular formula is C16H17N5O4. The summed E-state index contributed by atoms with van der Waals surface area (Å²) in [5.41, 5.74) is 0.342. The van der Waals surface area contributed by atoms with Crippen molar-refractivity contribution in [1.29, 1.82) is 0 Å². The fraction of sp³-hybridized carbons (Fsp3) is 0.250.